The number of imide groups is 1. The molecule has 2 aromatic rings. The number of anilines is 2. The van der Waals surface area contributed by atoms with Crippen LogP contribution in [0.5, 0.6) is 0 Å². The molecule has 2 aliphatic rings. The number of nitrogens with one attached hydrogen (secondary N) is 1. The van der Waals surface area contributed by atoms with E-state index in [2.05, 4.69) is 10.2 Å². The Morgan fingerprint density at radius 3 is 2.58 bits per heavy atom. The Balaban J connectivity index is 1.37. The highest BCUT2D eigenvalue weighted by Gasteiger charge is 2.36. The fraction of sp³-hybridized carbons (Fsp3) is 0.227. The molecule has 0 spiro atoms. The number of ether oxygens (including phenoxy) is 1. The molecule has 0 saturated carbocycles. The van der Waals surface area contributed by atoms with Crippen molar-refractivity contribution in [3.63, 3.8) is 0 Å². The first kappa shape index (κ1) is 21.1. The van der Waals surface area contributed by atoms with E-state index in [1.54, 1.807) is 18.2 Å². The van der Waals surface area contributed by atoms with Crippen molar-refractivity contribution in [2.75, 3.05) is 43.1 Å². The zero-order valence-electron chi connectivity index (χ0n) is 16.5. The van der Waals surface area contributed by atoms with Crippen LogP contribution in [0.2, 0.25) is 0 Å². The molecule has 160 valence electrons. The average Bonchev–Trinajstić information content (AvgIpc) is 3.02. The third kappa shape index (κ3) is 5.12. The molecule has 2 aromatic carbocycles. The van der Waals surface area contributed by atoms with Crippen molar-refractivity contribution in [3.8, 4) is 0 Å². The fourth-order valence-corrected chi connectivity index (χ4v) is 4.14. The number of carbonyl (C=O) groups is 3. The lowest BCUT2D eigenvalue weighted by Crippen LogP contribution is -2.36. The van der Waals surface area contributed by atoms with E-state index < -0.39 is 29.4 Å². The maximum Gasteiger partial charge on any atom is 0.294 e. The van der Waals surface area contributed by atoms with Gasteiger partial charge in [0.05, 0.1) is 18.1 Å². The van der Waals surface area contributed by atoms with Crippen LogP contribution in [0.1, 0.15) is 5.56 Å². The summed E-state index contributed by atoms with van der Waals surface area (Å²) < 4.78 is 18.7. The lowest BCUT2D eigenvalue weighted by atomic mass is 10.2. The van der Waals surface area contributed by atoms with E-state index in [1.807, 2.05) is 12.1 Å². The zero-order chi connectivity index (χ0) is 21.8. The van der Waals surface area contributed by atoms with Gasteiger partial charge in [-0.05, 0) is 59.8 Å². The summed E-state index contributed by atoms with van der Waals surface area (Å²) in [5.41, 5.74) is 2.08. The van der Waals surface area contributed by atoms with Crippen LogP contribution < -0.4 is 10.2 Å². The van der Waals surface area contributed by atoms with Gasteiger partial charge in [0.1, 0.15) is 12.4 Å². The molecule has 4 rings (SSSR count). The smallest absolute Gasteiger partial charge is 0.294 e. The van der Waals surface area contributed by atoms with Gasteiger partial charge in [-0.1, -0.05) is 12.1 Å². The van der Waals surface area contributed by atoms with Crippen molar-refractivity contribution in [3.05, 3.63) is 64.8 Å². The molecular weight excluding hydrogens is 421 g/mol. The van der Waals surface area contributed by atoms with Crippen LogP contribution in [0.4, 0.5) is 20.6 Å². The highest BCUT2D eigenvalue weighted by atomic mass is 32.2. The quantitative estimate of drug-likeness (QED) is 0.717. The fourth-order valence-electron chi connectivity index (χ4n) is 3.31. The van der Waals surface area contributed by atoms with Gasteiger partial charge in [0, 0.05) is 24.5 Å². The number of halogens is 1. The second-order valence-electron chi connectivity index (χ2n) is 7.02. The topological polar surface area (TPSA) is 79.0 Å². The second-order valence-corrected chi connectivity index (χ2v) is 8.01. The van der Waals surface area contributed by atoms with E-state index in [1.165, 1.54) is 24.3 Å². The lowest BCUT2D eigenvalue weighted by molar-refractivity contribution is -0.127. The van der Waals surface area contributed by atoms with E-state index in [9.17, 15) is 18.8 Å². The standard InChI is InChI=1S/C22H20FN3O4S/c23-16-3-1-2-15(12-16)13-19-21(28)26(22(29)31-19)14-20(27)24-17-4-6-18(7-5-17)25-8-10-30-11-9-25/h1-7,12-13H,8-11,14H2,(H,24,27)/b19-13+. The average molecular weight is 441 g/mol. The van der Waals surface area contributed by atoms with Crippen LogP contribution in [0.3, 0.4) is 0 Å². The number of carbonyl (C=O) groups excluding carboxylic acids is 3. The highest BCUT2D eigenvalue weighted by molar-refractivity contribution is 8.18. The number of nitrogens with zero attached hydrogens (tertiary/aromatic N) is 2. The first-order chi connectivity index (χ1) is 15.0. The van der Waals surface area contributed by atoms with Crippen molar-refractivity contribution >= 4 is 46.3 Å². The summed E-state index contributed by atoms with van der Waals surface area (Å²) >= 11 is 0.729. The molecule has 0 bridgehead atoms. The zero-order valence-corrected chi connectivity index (χ0v) is 17.4. The molecule has 2 aliphatic heterocycles. The van der Waals surface area contributed by atoms with Gasteiger partial charge in [0.25, 0.3) is 11.1 Å². The maximum absolute atomic E-state index is 13.3. The minimum absolute atomic E-state index is 0.151. The van der Waals surface area contributed by atoms with Gasteiger partial charge in [-0.25, -0.2) is 4.39 Å². The maximum atomic E-state index is 13.3. The number of hydrogen-bond donors (Lipinski definition) is 1. The van der Waals surface area contributed by atoms with Gasteiger partial charge in [-0.15, -0.1) is 0 Å². The number of amides is 3. The predicted octanol–water partition coefficient (Wildman–Crippen LogP) is 3.34. The Morgan fingerprint density at radius 2 is 1.87 bits per heavy atom. The molecule has 0 aliphatic carbocycles. The highest BCUT2D eigenvalue weighted by Crippen LogP contribution is 2.32. The van der Waals surface area contributed by atoms with Crippen LogP contribution in [-0.4, -0.2) is 54.8 Å². The Kier molecular flexibility index (Phi) is 6.34. The van der Waals surface area contributed by atoms with Crippen LogP contribution in [0.15, 0.2) is 53.4 Å². The first-order valence-electron chi connectivity index (χ1n) is 9.73. The van der Waals surface area contributed by atoms with Crippen molar-refractivity contribution < 1.29 is 23.5 Å². The Bertz CT molecular complexity index is 1040. The number of thioether (sulfide) groups is 1. The van der Waals surface area contributed by atoms with E-state index in [-0.39, 0.29) is 4.91 Å². The summed E-state index contributed by atoms with van der Waals surface area (Å²) in [5, 5.41) is 2.17. The van der Waals surface area contributed by atoms with Crippen LogP contribution in [0, 0.1) is 5.82 Å². The van der Waals surface area contributed by atoms with Gasteiger partial charge < -0.3 is 15.0 Å². The Hall–Kier alpha value is -3.17. The molecule has 2 fully saturated rings. The molecule has 0 unspecified atom stereocenters. The molecule has 7 nitrogen and oxygen atoms in total. The van der Waals surface area contributed by atoms with E-state index in [0.29, 0.717) is 24.5 Å². The summed E-state index contributed by atoms with van der Waals surface area (Å²) in [6, 6.07) is 13.1. The molecular formula is C22H20FN3O4S. The molecule has 2 heterocycles. The molecule has 1 N–H and O–H groups in total. The first-order valence-corrected chi connectivity index (χ1v) is 10.5. The molecule has 0 aromatic heterocycles. The van der Waals surface area contributed by atoms with Crippen molar-refractivity contribution in [1.82, 2.24) is 4.90 Å². The monoisotopic (exact) mass is 441 g/mol. The van der Waals surface area contributed by atoms with E-state index in [0.717, 1.165) is 35.4 Å². The predicted molar refractivity (Wildman–Crippen MR) is 117 cm³/mol. The number of hydrogen-bond acceptors (Lipinski definition) is 6. The van der Waals surface area contributed by atoms with E-state index >= 15 is 0 Å². The third-order valence-corrected chi connectivity index (χ3v) is 5.76. The van der Waals surface area contributed by atoms with Gasteiger partial charge in [0.2, 0.25) is 5.91 Å². The molecule has 0 radical (unpaired) electrons. The summed E-state index contributed by atoms with van der Waals surface area (Å²) in [6.07, 6.45) is 1.44. The van der Waals surface area contributed by atoms with Crippen molar-refractivity contribution in [1.29, 1.82) is 0 Å². The number of morpholine rings is 1. The largest absolute Gasteiger partial charge is 0.378 e. The summed E-state index contributed by atoms with van der Waals surface area (Å²) in [4.78, 5) is 40.4. The molecule has 9 heteroatoms. The molecule has 3 amide bonds. The van der Waals surface area contributed by atoms with Gasteiger partial charge >= 0.3 is 0 Å². The van der Waals surface area contributed by atoms with Crippen LogP contribution in [0.25, 0.3) is 6.08 Å². The second kappa shape index (κ2) is 9.32. The van der Waals surface area contributed by atoms with Crippen LogP contribution >= 0.6 is 11.8 Å². The minimum Gasteiger partial charge on any atom is -0.378 e. The van der Waals surface area contributed by atoms with Crippen molar-refractivity contribution in [2.45, 2.75) is 0 Å². The summed E-state index contributed by atoms with van der Waals surface area (Å²) in [7, 11) is 0. The normalized spacial score (nSPS) is 18.0. The van der Waals surface area contributed by atoms with Gasteiger partial charge in [-0.3, -0.25) is 19.3 Å². The lowest BCUT2D eigenvalue weighted by Gasteiger charge is -2.28. The number of benzene rings is 2. The van der Waals surface area contributed by atoms with Crippen molar-refractivity contribution in [2.24, 2.45) is 0 Å². The Labute approximate surface area is 182 Å². The molecule has 0 atom stereocenters. The minimum atomic E-state index is -0.572. The van der Waals surface area contributed by atoms with Crippen LogP contribution in [-0.2, 0) is 14.3 Å². The van der Waals surface area contributed by atoms with Gasteiger partial charge in [-0.2, -0.15) is 0 Å². The van der Waals surface area contributed by atoms with Gasteiger partial charge in [0.15, 0.2) is 0 Å². The number of rotatable bonds is 5. The Morgan fingerprint density at radius 1 is 1.13 bits per heavy atom. The molecule has 31 heavy (non-hydrogen) atoms. The summed E-state index contributed by atoms with van der Waals surface area (Å²) in [5.74, 6) is -1.49. The van der Waals surface area contributed by atoms with E-state index in [4.69, 9.17) is 4.74 Å². The summed E-state index contributed by atoms with van der Waals surface area (Å²) in [6.45, 7) is 2.60. The third-order valence-electron chi connectivity index (χ3n) is 4.85. The SMILES string of the molecule is O=C(CN1C(=O)S/C(=C/c2cccc(F)c2)C1=O)Nc1ccc(N2CCOCC2)cc1. The molecule has 2 saturated heterocycles.